The van der Waals surface area contributed by atoms with Crippen LogP contribution in [0.25, 0.3) is 0 Å². The maximum atomic E-state index is 13.0. The van der Waals surface area contributed by atoms with E-state index in [4.69, 9.17) is 0 Å². The van der Waals surface area contributed by atoms with Crippen molar-refractivity contribution >= 4 is 11.4 Å². The monoisotopic (exact) mass is 290 g/mol. The summed E-state index contributed by atoms with van der Waals surface area (Å²) in [4.78, 5) is 9.76. The van der Waals surface area contributed by atoms with Crippen molar-refractivity contribution < 1.29 is 18.1 Å². The Hall–Kier alpha value is -1.79. The Morgan fingerprint density at radius 3 is 2.45 bits per heavy atom. The van der Waals surface area contributed by atoms with E-state index in [1.54, 1.807) is 0 Å². The van der Waals surface area contributed by atoms with Gasteiger partial charge in [-0.25, -0.2) is 0 Å². The lowest BCUT2D eigenvalue weighted by Crippen LogP contribution is -2.21. The van der Waals surface area contributed by atoms with E-state index >= 15 is 0 Å². The summed E-state index contributed by atoms with van der Waals surface area (Å²) in [5, 5.41) is 13.4. The van der Waals surface area contributed by atoms with Gasteiger partial charge in [-0.3, -0.25) is 10.1 Å². The summed E-state index contributed by atoms with van der Waals surface area (Å²) in [6.07, 6.45) is -2.36. The molecular weight excluding hydrogens is 273 g/mol. The average molecular weight is 290 g/mol. The molecule has 7 heteroatoms. The first kappa shape index (κ1) is 16.3. The molecule has 0 radical (unpaired) electrons. The highest BCUT2D eigenvalue weighted by Gasteiger charge is 2.35. The summed E-state index contributed by atoms with van der Waals surface area (Å²) < 4.78 is 38.9. The van der Waals surface area contributed by atoms with Crippen LogP contribution in [0, 0.1) is 10.1 Å². The molecule has 0 aliphatic heterocycles. The minimum atomic E-state index is -4.63. The summed E-state index contributed by atoms with van der Waals surface area (Å²) >= 11 is 0. The number of non-ortho nitro benzene ring substituents is 1. The highest BCUT2D eigenvalue weighted by atomic mass is 19.4. The number of nitrogens with zero attached hydrogens (tertiary/aromatic N) is 1. The Morgan fingerprint density at radius 1 is 1.35 bits per heavy atom. The van der Waals surface area contributed by atoms with E-state index in [0.717, 1.165) is 25.0 Å². The number of benzene rings is 1. The minimum Gasteiger partial charge on any atom is -0.382 e. The molecular formula is C13H17F3N2O2. The number of nitro benzene ring substituents is 1. The van der Waals surface area contributed by atoms with Crippen LogP contribution in [-0.4, -0.2) is 11.0 Å². The quantitative estimate of drug-likeness (QED) is 0.615. The van der Waals surface area contributed by atoms with Gasteiger partial charge in [-0.05, 0) is 18.9 Å². The molecule has 112 valence electrons. The fourth-order valence-electron chi connectivity index (χ4n) is 1.95. The fourth-order valence-corrected chi connectivity index (χ4v) is 1.95. The van der Waals surface area contributed by atoms with Crippen molar-refractivity contribution in [3.8, 4) is 0 Å². The average Bonchev–Trinajstić information content (AvgIpc) is 2.37. The lowest BCUT2D eigenvalue weighted by atomic mass is 10.1. The van der Waals surface area contributed by atoms with Crippen molar-refractivity contribution in [3.05, 3.63) is 33.9 Å². The van der Waals surface area contributed by atoms with Gasteiger partial charge in [-0.2, -0.15) is 13.2 Å². The van der Waals surface area contributed by atoms with Crippen LogP contribution in [0.15, 0.2) is 18.2 Å². The SMILES string of the molecule is CCCC(CC)Nc1ccc([N+](=O)[O-])cc1C(F)(F)F. The molecule has 1 aromatic rings. The molecule has 4 nitrogen and oxygen atoms in total. The van der Waals surface area contributed by atoms with Crippen molar-refractivity contribution in [2.45, 2.75) is 45.3 Å². The maximum Gasteiger partial charge on any atom is 0.418 e. The first-order chi connectivity index (χ1) is 9.29. The van der Waals surface area contributed by atoms with E-state index in [-0.39, 0.29) is 11.7 Å². The van der Waals surface area contributed by atoms with Crippen molar-refractivity contribution in [3.63, 3.8) is 0 Å². The molecule has 0 bridgehead atoms. The van der Waals surface area contributed by atoms with Gasteiger partial charge in [-0.1, -0.05) is 20.3 Å². The van der Waals surface area contributed by atoms with Crippen LogP contribution in [0.3, 0.4) is 0 Å². The van der Waals surface area contributed by atoms with Gasteiger partial charge < -0.3 is 5.32 Å². The van der Waals surface area contributed by atoms with Crippen molar-refractivity contribution in [1.82, 2.24) is 0 Å². The lowest BCUT2D eigenvalue weighted by molar-refractivity contribution is -0.385. The second-order valence-corrected chi connectivity index (χ2v) is 4.52. The van der Waals surface area contributed by atoms with E-state index in [9.17, 15) is 23.3 Å². The molecule has 1 aromatic carbocycles. The molecule has 0 saturated heterocycles. The molecule has 0 spiro atoms. The number of alkyl halides is 3. The largest absolute Gasteiger partial charge is 0.418 e. The van der Waals surface area contributed by atoms with Crippen LogP contribution in [0.2, 0.25) is 0 Å². The molecule has 0 aliphatic carbocycles. The topological polar surface area (TPSA) is 55.2 Å². The third-order valence-electron chi connectivity index (χ3n) is 3.01. The Bertz CT molecular complexity index is 475. The van der Waals surface area contributed by atoms with Gasteiger partial charge in [0, 0.05) is 23.9 Å². The second kappa shape index (κ2) is 6.58. The molecule has 0 aromatic heterocycles. The molecule has 20 heavy (non-hydrogen) atoms. The van der Waals surface area contributed by atoms with Crippen LogP contribution < -0.4 is 5.32 Å². The number of halogens is 3. The van der Waals surface area contributed by atoms with E-state index in [2.05, 4.69) is 5.32 Å². The highest BCUT2D eigenvalue weighted by Crippen LogP contribution is 2.37. The molecule has 0 heterocycles. The van der Waals surface area contributed by atoms with Crippen LogP contribution in [-0.2, 0) is 6.18 Å². The van der Waals surface area contributed by atoms with Gasteiger partial charge in [0.15, 0.2) is 0 Å². The zero-order chi connectivity index (χ0) is 15.3. The third-order valence-corrected chi connectivity index (χ3v) is 3.01. The van der Waals surface area contributed by atoms with Crippen LogP contribution in [0.1, 0.15) is 38.7 Å². The van der Waals surface area contributed by atoms with Crippen molar-refractivity contribution in [2.24, 2.45) is 0 Å². The van der Waals surface area contributed by atoms with E-state index < -0.39 is 22.4 Å². The van der Waals surface area contributed by atoms with Crippen molar-refractivity contribution in [1.29, 1.82) is 0 Å². The molecule has 0 aliphatic rings. The smallest absolute Gasteiger partial charge is 0.382 e. The van der Waals surface area contributed by atoms with Gasteiger partial charge in [0.2, 0.25) is 0 Å². The number of hydrogen-bond donors (Lipinski definition) is 1. The first-order valence-corrected chi connectivity index (χ1v) is 6.41. The molecule has 0 amide bonds. The minimum absolute atomic E-state index is 0.0810. The molecule has 1 atom stereocenters. The standard InChI is InChI=1S/C13H17F3N2O2/c1-3-5-9(4-2)17-12-7-6-10(18(19)20)8-11(12)13(14,15)16/h6-9,17H,3-5H2,1-2H3. The third kappa shape index (κ3) is 4.11. The summed E-state index contributed by atoms with van der Waals surface area (Å²) in [6.45, 7) is 3.83. The van der Waals surface area contributed by atoms with Gasteiger partial charge in [0.1, 0.15) is 0 Å². The lowest BCUT2D eigenvalue weighted by Gasteiger charge is -2.20. The Balaban J connectivity index is 3.15. The summed E-state index contributed by atoms with van der Waals surface area (Å²) in [6, 6.07) is 2.69. The number of anilines is 1. The summed E-state index contributed by atoms with van der Waals surface area (Å²) in [7, 11) is 0. The summed E-state index contributed by atoms with van der Waals surface area (Å²) in [5.41, 5.74) is -1.67. The molecule has 0 fully saturated rings. The van der Waals surface area contributed by atoms with Gasteiger partial charge in [0.05, 0.1) is 10.5 Å². The zero-order valence-electron chi connectivity index (χ0n) is 11.3. The molecule has 0 saturated carbocycles. The number of nitro groups is 1. The number of nitrogens with one attached hydrogen (secondary N) is 1. The van der Waals surface area contributed by atoms with Crippen LogP contribution >= 0.6 is 0 Å². The normalized spacial score (nSPS) is 13.1. The number of rotatable bonds is 6. The Kier molecular flexibility index (Phi) is 5.35. The van der Waals surface area contributed by atoms with E-state index in [0.29, 0.717) is 12.5 Å². The van der Waals surface area contributed by atoms with Gasteiger partial charge >= 0.3 is 6.18 Å². The van der Waals surface area contributed by atoms with Gasteiger partial charge in [0.25, 0.3) is 5.69 Å². The molecule has 1 N–H and O–H groups in total. The molecule has 1 unspecified atom stereocenters. The second-order valence-electron chi connectivity index (χ2n) is 4.52. The van der Waals surface area contributed by atoms with Crippen LogP contribution in [0.4, 0.5) is 24.5 Å². The van der Waals surface area contributed by atoms with E-state index in [1.807, 2.05) is 13.8 Å². The predicted molar refractivity (Wildman–Crippen MR) is 70.7 cm³/mol. The van der Waals surface area contributed by atoms with Gasteiger partial charge in [-0.15, -0.1) is 0 Å². The number of hydrogen-bond acceptors (Lipinski definition) is 3. The van der Waals surface area contributed by atoms with Crippen molar-refractivity contribution in [2.75, 3.05) is 5.32 Å². The maximum absolute atomic E-state index is 13.0. The predicted octanol–water partition coefficient (Wildman–Crippen LogP) is 4.60. The highest BCUT2D eigenvalue weighted by molar-refractivity contribution is 5.57. The Morgan fingerprint density at radius 2 is 2.00 bits per heavy atom. The van der Waals surface area contributed by atoms with E-state index in [1.165, 1.54) is 0 Å². The fraction of sp³-hybridized carbons (Fsp3) is 0.538. The molecule has 1 rings (SSSR count). The Labute approximate surface area is 115 Å². The zero-order valence-corrected chi connectivity index (χ0v) is 11.3. The van der Waals surface area contributed by atoms with Crippen LogP contribution in [0.5, 0.6) is 0 Å². The first-order valence-electron chi connectivity index (χ1n) is 6.41. The summed E-state index contributed by atoms with van der Waals surface area (Å²) in [5.74, 6) is 0.